The normalized spacial score (nSPS) is 15.6. The summed E-state index contributed by atoms with van der Waals surface area (Å²) in [4.78, 5) is 23.8. The zero-order valence-corrected chi connectivity index (χ0v) is 13.2. The van der Waals surface area contributed by atoms with Crippen LogP contribution in [0.5, 0.6) is 0 Å². The number of hydrogen-bond acceptors (Lipinski definition) is 3. The van der Waals surface area contributed by atoms with E-state index in [0.717, 1.165) is 18.5 Å². The van der Waals surface area contributed by atoms with Crippen molar-refractivity contribution in [3.63, 3.8) is 0 Å². The monoisotopic (exact) mass is 304 g/mol. The highest BCUT2D eigenvalue weighted by atomic mass is 16.5. The van der Waals surface area contributed by atoms with Crippen LogP contribution in [-0.2, 0) is 14.3 Å². The van der Waals surface area contributed by atoms with Crippen LogP contribution in [0.2, 0.25) is 0 Å². The molecule has 0 unspecified atom stereocenters. The van der Waals surface area contributed by atoms with Gasteiger partial charge in [-0.3, -0.25) is 9.59 Å². The molecule has 0 atom stereocenters. The lowest BCUT2D eigenvalue weighted by molar-refractivity contribution is -0.129. The molecule has 0 radical (unpaired) electrons. The first-order chi connectivity index (χ1) is 10.6. The number of ether oxygens (including phenoxy) is 1. The lowest BCUT2D eigenvalue weighted by atomic mass is 9.99. The third kappa shape index (κ3) is 4.84. The van der Waals surface area contributed by atoms with Crippen LogP contribution in [-0.4, -0.2) is 31.6 Å². The van der Waals surface area contributed by atoms with Crippen molar-refractivity contribution in [3.05, 3.63) is 29.8 Å². The van der Waals surface area contributed by atoms with Gasteiger partial charge < -0.3 is 15.4 Å². The van der Waals surface area contributed by atoms with E-state index in [2.05, 4.69) is 24.5 Å². The zero-order chi connectivity index (χ0) is 15.9. The van der Waals surface area contributed by atoms with Gasteiger partial charge in [-0.25, -0.2) is 0 Å². The first kappa shape index (κ1) is 16.5. The van der Waals surface area contributed by atoms with E-state index in [-0.39, 0.29) is 24.3 Å². The second-order valence-electron chi connectivity index (χ2n) is 5.93. The van der Waals surface area contributed by atoms with Crippen LogP contribution >= 0.6 is 0 Å². The molecule has 1 heterocycles. The number of carbonyl (C=O) groups is 2. The van der Waals surface area contributed by atoms with Gasteiger partial charge in [-0.2, -0.15) is 0 Å². The summed E-state index contributed by atoms with van der Waals surface area (Å²) < 4.78 is 5.22. The van der Waals surface area contributed by atoms with E-state index in [1.165, 1.54) is 5.56 Å². The maximum atomic E-state index is 11.9. The van der Waals surface area contributed by atoms with Crippen molar-refractivity contribution >= 4 is 17.5 Å². The molecule has 0 saturated carbocycles. The molecule has 120 valence electrons. The van der Waals surface area contributed by atoms with Gasteiger partial charge in [0, 0.05) is 24.8 Å². The van der Waals surface area contributed by atoms with E-state index in [1.807, 2.05) is 24.3 Å². The average molecular weight is 304 g/mol. The van der Waals surface area contributed by atoms with Crippen molar-refractivity contribution in [1.29, 1.82) is 0 Å². The summed E-state index contributed by atoms with van der Waals surface area (Å²) in [5, 5.41) is 5.48. The van der Waals surface area contributed by atoms with Crippen molar-refractivity contribution < 1.29 is 14.3 Å². The Hall–Kier alpha value is -1.88. The van der Waals surface area contributed by atoms with Gasteiger partial charge in [0.05, 0.1) is 6.54 Å². The number of rotatable bonds is 5. The maximum Gasteiger partial charge on any atom is 0.243 e. The minimum Gasteiger partial charge on any atom is -0.381 e. The van der Waals surface area contributed by atoms with E-state index in [1.54, 1.807) is 0 Å². The van der Waals surface area contributed by atoms with Gasteiger partial charge in [-0.1, -0.05) is 26.0 Å². The second kappa shape index (κ2) is 7.94. The van der Waals surface area contributed by atoms with Crippen LogP contribution in [0.1, 0.15) is 38.2 Å². The van der Waals surface area contributed by atoms with Gasteiger partial charge in [0.25, 0.3) is 0 Å². The Kier molecular flexibility index (Phi) is 5.95. The molecule has 0 bridgehead atoms. The predicted molar refractivity (Wildman–Crippen MR) is 85.7 cm³/mol. The molecule has 1 aromatic carbocycles. The minimum atomic E-state index is -0.210. The quantitative estimate of drug-likeness (QED) is 0.877. The summed E-state index contributed by atoms with van der Waals surface area (Å²) in [6, 6.07) is 7.77. The lowest BCUT2D eigenvalue weighted by Gasteiger charge is -2.21. The highest BCUT2D eigenvalue weighted by Crippen LogP contribution is 2.17. The molecule has 1 fully saturated rings. The molecule has 1 aromatic rings. The van der Waals surface area contributed by atoms with Gasteiger partial charge in [-0.15, -0.1) is 0 Å². The van der Waals surface area contributed by atoms with Crippen molar-refractivity contribution in [2.45, 2.75) is 32.6 Å². The smallest absolute Gasteiger partial charge is 0.243 e. The fraction of sp³-hybridized carbons (Fsp3) is 0.529. The molecule has 0 spiro atoms. The molecule has 1 aliphatic heterocycles. The molecular weight excluding hydrogens is 280 g/mol. The molecule has 1 saturated heterocycles. The van der Waals surface area contributed by atoms with E-state index in [9.17, 15) is 9.59 Å². The SMILES string of the molecule is CC(C)c1ccc(NC(=O)CNC(=O)C2CCOCC2)cc1. The Morgan fingerprint density at radius 1 is 1.18 bits per heavy atom. The Balaban J connectivity index is 1.76. The summed E-state index contributed by atoms with van der Waals surface area (Å²) in [5.74, 6) is 0.154. The van der Waals surface area contributed by atoms with E-state index < -0.39 is 0 Å². The maximum absolute atomic E-state index is 11.9. The third-order valence-corrected chi connectivity index (χ3v) is 3.88. The molecule has 2 rings (SSSR count). The predicted octanol–water partition coefficient (Wildman–Crippen LogP) is 2.29. The number of anilines is 1. The fourth-order valence-electron chi connectivity index (χ4n) is 2.43. The lowest BCUT2D eigenvalue weighted by Crippen LogP contribution is -2.38. The van der Waals surface area contributed by atoms with Gasteiger partial charge in [0.1, 0.15) is 0 Å². The summed E-state index contributed by atoms with van der Waals surface area (Å²) >= 11 is 0. The fourth-order valence-corrected chi connectivity index (χ4v) is 2.43. The van der Waals surface area contributed by atoms with E-state index >= 15 is 0 Å². The Labute approximate surface area is 131 Å². The van der Waals surface area contributed by atoms with Gasteiger partial charge >= 0.3 is 0 Å². The van der Waals surface area contributed by atoms with E-state index in [4.69, 9.17) is 4.74 Å². The molecule has 0 aliphatic carbocycles. The summed E-state index contributed by atoms with van der Waals surface area (Å²) in [7, 11) is 0. The summed E-state index contributed by atoms with van der Waals surface area (Å²) in [6.07, 6.45) is 1.45. The zero-order valence-electron chi connectivity index (χ0n) is 13.2. The highest BCUT2D eigenvalue weighted by Gasteiger charge is 2.21. The standard InChI is InChI=1S/C17H24N2O3/c1-12(2)13-3-5-15(6-4-13)19-16(20)11-18-17(21)14-7-9-22-10-8-14/h3-6,12,14H,7-11H2,1-2H3,(H,18,21)(H,19,20). The first-order valence-corrected chi connectivity index (χ1v) is 7.81. The number of carbonyl (C=O) groups excluding carboxylic acids is 2. The minimum absolute atomic E-state index is 0.00211. The molecule has 5 heteroatoms. The average Bonchev–Trinajstić information content (AvgIpc) is 2.54. The largest absolute Gasteiger partial charge is 0.381 e. The number of benzene rings is 1. The van der Waals surface area contributed by atoms with Crippen LogP contribution in [0.4, 0.5) is 5.69 Å². The molecule has 22 heavy (non-hydrogen) atoms. The van der Waals surface area contributed by atoms with Crippen molar-refractivity contribution in [3.8, 4) is 0 Å². The van der Waals surface area contributed by atoms with Gasteiger partial charge in [0.15, 0.2) is 0 Å². The first-order valence-electron chi connectivity index (χ1n) is 7.81. The third-order valence-electron chi connectivity index (χ3n) is 3.88. The topological polar surface area (TPSA) is 67.4 Å². The summed E-state index contributed by atoms with van der Waals surface area (Å²) in [6.45, 7) is 5.49. The van der Waals surface area contributed by atoms with Crippen LogP contribution in [0.15, 0.2) is 24.3 Å². The Bertz CT molecular complexity index is 505. The van der Waals surface area contributed by atoms with Crippen LogP contribution in [0, 0.1) is 5.92 Å². The molecule has 2 N–H and O–H groups in total. The molecule has 5 nitrogen and oxygen atoms in total. The van der Waals surface area contributed by atoms with Crippen molar-refractivity contribution in [2.75, 3.05) is 25.1 Å². The molecule has 1 aliphatic rings. The second-order valence-corrected chi connectivity index (χ2v) is 5.93. The van der Waals surface area contributed by atoms with Crippen LogP contribution in [0.25, 0.3) is 0 Å². The molecular formula is C17H24N2O3. The van der Waals surface area contributed by atoms with Crippen molar-refractivity contribution in [1.82, 2.24) is 5.32 Å². The number of nitrogens with one attached hydrogen (secondary N) is 2. The Morgan fingerprint density at radius 2 is 1.82 bits per heavy atom. The number of hydrogen-bond donors (Lipinski definition) is 2. The number of amides is 2. The molecule has 0 aromatic heterocycles. The Morgan fingerprint density at radius 3 is 2.41 bits per heavy atom. The highest BCUT2D eigenvalue weighted by molar-refractivity contribution is 5.94. The van der Waals surface area contributed by atoms with Crippen LogP contribution < -0.4 is 10.6 Å². The van der Waals surface area contributed by atoms with E-state index in [0.29, 0.717) is 19.1 Å². The van der Waals surface area contributed by atoms with Crippen LogP contribution in [0.3, 0.4) is 0 Å². The van der Waals surface area contributed by atoms with Gasteiger partial charge in [-0.05, 0) is 36.5 Å². The summed E-state index contributed by atoms with van der Waals surface area (Å²) in [5.41, 5.74) is 1.97. The molecule has 2 amide bonds. The van der Waals surface area contributed by atoms with Gasteiger partial charge in [0.2, 0.25) is 11.8 Å². The van der Waals surface area contributed by atoms with Crippen molar-refractivity contribution in [2.24, 2.45) is 5.92 Å².